The van der Waals surface area contributed by atoms with E-state index in [-0.39, 0.29) is 5.69 Å². The molecule has 0 radical (unpaired) electrons. The number of carboxylic acid groups (broad SMARTS) is 1. The lowest BCUT2D eigenvalue weighted by Gasteiger charge is -2.00. The summed E-state index contributed by atoms with van der Waals surface area (Å²) in [6, 6.07) is 0. The maximum absolute atomic E-state index is 10.6. The molecule has 0 aliphatic heterocycles. The van der Waals surface area contributed by atoms with Crippen LogP contribution in [0.4, 0.5) is 0 Å². The van der Waals surface area contributed by atoms with Crippen molar-refractivity contribution in [1.29, 1.82) is 0 Å². The summed E-state index contributed by atoms with van der Waals surface area (Å²) in [4.78, 5) is 14.7. The van der Waals surface area contributed by atoms with E-state index in [1.54, 1.807) is 6.20 Å². The second-order valence-corrected chi connectivity index (χ2v) is 3.38. The molecule has 0 unspecified atom stereocenters. The van der Waals surface area contributed by atoms with Crippen molar-refractivity contribution in [2.45, 2.75) is 13.0 Å². The first-order valence-corrected chi connectivity index (χ1v) is 4.76. The minimum absolute atomic E-state index is 0.0418. The second kappa shape index (κ2) is 4.13. The first kappa shape index (κ1) is 10.3. The number of aryl methyl sites for hydroxylation is 3. The molecule has 0 fully saturated rings. The Kier molecular flexibility index (Phi) is 2.67. The van der Waals surface area contributed by atoms with Gasteiger partial charge in [0.25, 0.3) is 0 Å². The van der Waals surface area contributed by atoms with Gasteiger partial charge in [0, 0.05) is 32.4 Å². The summed E-state index contributed by atoms with van der Waals surface area (Å²) in [6.07, 6.45) is 5.68. The highest BCUT2D eigenvalue weighted by Gasteiger charge is 2.08. The third-order valence-electron chi connectivity index (χ3n) is 2.24. The minimum atomic E-state index is -1.07. The lowest BCUT2D eigenvalue weighted by atomic mass is 10.4. The zero-order valence-electron chi connectivity index (χ0n) is 8.74. The summed E-state index contributed by atoms with van der Waals surface area (Å²) in [5.41, 5.74) is -0.0418. The van der Waals surface area contributed by atoms with Crippen LogP contribution >= 0.6 is 0 Å². The molecule has 2 heterocycles. The molecule has 7 heteroatoms. The number of aromatic nitrogens is 5. The number of carboxylic acids is 1. The molecule has 0 spiro atoms. The molecule has 0 amide bonds. The molecule has 2 aromatic rings. The van der Waals surface area contributed by atoms with Crippen molar-refractivity contribution >= 4 is 5.97 Å². The van der Waals surface area contributed by atoms with Gasteiger partial charge in [0.15, 0.2) is 5.69 Å². The topological polar surface area (TPSA) is 85.8 Å². The Hall–Kier alpha value is -2.18. The van der Waals surface area contributed by atoms with Gasteiger partial charge in [0.05, 0.1) is 6.20 Å². The van der Waals surface area contributed by atoms with Gasteiger partial charge in [-0.3, -0.25) is 4.68 Å². The first-order valence-electron chi connectivity index (χ1n) is 4.76. The molecule has 0 bridgehead atoms. The fourth-order valence-electron chi connectivity index (χ4n) is 1.36. The Labute approximate surface area is 91.3 Å². The summed E-state index contributed by atoms with van der Waals surface area (Å²) in [5.74, 6) is -0.143. The Morgan fingerprint density at radius 3 is 2.94 bits per heavy atom. The highest BCUT2D eigenvalue weighted by Crippen LogP contribution is 1.99. The Morgan fingerprint density at radius 1 is 1.56 bits per heavy atom. The molecule has 0 aliphatic carbocycles. The smallest absolute Gasteiger partial charge is 0.358 e. The van der Waals surface area contributed by atoms with Gasteiger partial charge in [-0.25, -0.2) is 9.78 Å². The van der Waals surface area contributed by atoms with Crippen LogP contribution in [-0.4, -0.2) is 35.6 Å². The number of hydrogen-bond acceptors (Lipinski definition) is 4. The number of nitrogens with zero attached hydrogens (tertiary/aromatic N) is 5. The fraction of sp³-hybridized carbons (Fsp3) is 0.333. The summed E-state index contributed by atoms with van der Waals surface area (Å²) in [6.45, 7) is 0.561. The average Bonchev–Trinajstić information content (AvgIpc) is 2.83. The standard InChI is InChI=1S/C9H11N5O2/c1-13-5-3-10-8(13)2-4-14-6-7(9(15)16)11-12-14/h3,5-6H,2,4H2,1H3,(H,15,16). The molecule has 1 N–H and O–H groups in total. The van der Waals surface area contributed by atoms with Crippen molar-refractivity contribution in [2.24, 2.45) is 7.05 Å². The van der Waals surface area contributed by atoms with Crippen LogP contribution < -0.4 is 0 Å². The molecular weight excluding hydrogens is 210 g/mol. The van der Waals surface area contributed by atoms with Crippen LogP contribution in [0.25, 0.3) is 0 Å². The van der Waals surface area contributed by atoms with E-state index in [1.165, 1.54) is 10.9 Å². The molecule has 16 heavy (non-hydrogen) atoms. The average molecular weight is 221 g/mol. The molecule has 7 nitrogen and oxygen atoms in total. The van der Waals surface area contributed by atoms with Crippen LogP contribution in [0.1, 0.15) is 16.3 Å². The molecule has 2 rings (SSSR count). The van der Waals surface area contributed by atoms with Crippen molar-refractivity contribution in [2.75, 3.05) is 0 Å². The van der Waals surface area contributed by atoms with Crippen molar-refractivity contribution in [1.82, 2.24) is 24.5 Å². The minimum Gasteiger partial charge on any atom is -0.476 e. The highest BCUT2D eigenvalue weighted by molar-refractivity contribution is 5.84. The summed E-state index contributed by atoms with van der Waals surface area (Å²) >= 11 is 0. The maximum atomic E-state index is 10.6. The van der Waals surface area contributed by atoms with Gasteiger partial charge in [-0.2, -0.15) is 0 Å². The molecule has 2 aromatic heterocycles. The Morgan fingerprint density at radius 2 is 2.38 bits per heavy atom. The van der Waals surface area contributed by atoms with Gasteiger partial charge < -0.3 is 9.67 Å². The molecule has 84 valence electrons. The number of carbonyl (C=O) groups is 1. The van der Waals surface area contributed by atoms with Crippen molar-refractivity contribution < 1.29 is 9.90 Å². The van der Waals surface area contributed by atoms with E-state index in [0.29, 0.717) is 13.0 Å². The van der Waals surface area contributed by atoms with Crippen LogP contribution in [0.2, 0.25) is 0 Å². The first-order chi connectivity index (χ1) is 7.66. The lowest BCUT2D eigenvalue weighted by molar-refractivity contribution is 0.0690. The summed E-state index contributed by atoms with van der Waals surface area (Å²) in [7, 11) is 1.91. The van der Waals surface area contributed by atoms with E-state index >= 15 is 0 Å². The Bertz CT molecular complexity index is 501. The monoisotopic (exact) mass is 221 g/mol. The van der Waals surface area contributed by atoms with Crippen LogP contribution in [0.15, 0.2) is 18.6 Å². The van der Waals surface area contributed by atoms with Gasteiger partial charge in [0.1, 0.15) is 5.82 Å². The molecule has 0 atom stereocenters. The number of aromatic carboxylic acids is 1. The van der Waals surface area contributed by atoms with Gasteiger partial charge >= 0.3 is 5.97 Å². The van der Waals surface area contributed by atoms with E-state index in [0.717, 1.165) is 5.82 Å². The molecule has 0 saturated carbocycles. The lowest BCUT2D eigenvalue weighted by Crippen LogP contribution is -2.06. The zero-order valence-corrected chi connectivity index (χ0v) is 8.74. The van der Waals surface area contributed by atoms with Gasteiger partial charge in [-0.1, -0.05) is 5.21 Å². The predicted molar refractivity (Wildman–Crippen MR) is 53.9 cm³/mol. The van der Waals surface area contributed by atoms with Gasteiger partial charge in [-0.15, -0.1) is 5.10 Å². The predicted octanol–water partition coefficient (Wildman–Crippen LogP) is -0.0475. The summed E-state index contributed by atoms with van der Waals surface area (Å²) in [5, 5.41) is 15.9. The van der Waals surface area contributed by atoms with Crippen LogP contribution in [0.5, 0.6) is 0 Å². The Balaban J connectivity index is 2.00. The van der Waals surface area contributed by atoms with E-state index < -0.39 is 5.97 Å². The third-order valence-corrected chi connectivity index (χ3v) is 2.24. The van der Waals surface area contributed by atoms with Crippen molar-refractivity contribution in [3.05, 3.63) is 30.1 Å². The van der Waals surface area contributed by atoms with Gasteiger partial charge in [0.2, 0.25) is 0 Å². The zero-order chi connectivity index (χ0) is 11.5. The van der Waals surface area contributed by atoms with Crippen LogP contribution in [-0.2, 0) is 20.0 Å². The molecule has 0 aliphatic rings. The highest BCUT2D eigenvalue weighted by atomic mass is 16.4. The van der Waals surface area contributed by atoms with E-state index in [1.807, 2.05) is 17.8 Å². The summed E-state index contributed by atoms with van der Waals surface area (Å²) < 4.78 is 3.41. The quantitative estimate of drug-likeness (QED) is 0.782. The largest absolute Gasteiger partial charge is 0.476 e. The normalized spacial score (nSPS) is 10.6. The van der Waals surface area contributed by atoms with Crippen LogP contribution in [0, 0.1) is 0 Å². The molecule has 0 aromatic carbocycles. The number of rotatable bonds is 4. The second-order valence-electron chi connectivity index (χ2n) is 3.38. The maximum Gasteiger partial charge on any atom is 0.358 e. The number of imidazole rings is 1. The molecule has 0 saturated heterocycles. The van der Waals surface area contributed by atoms with Gasteiger partial charge in [-0.05, 0) is 0 Å². The van der Waals surface area contributed by atoms with Crippen LogP contribution in [0.3, 0.4) is 0 Å². The van der Waals surface area contributed by atoms with Crippen molar-refractivity contribution in [3.63, 3.8) is 0 Å². The van der Waals surface area contributed by atoms with E-state index in [4.69, 9.17) is 5.11 Å². The number of hydrogen-bond donors (Lipinski definition) is 1. The van der Waals surface area contributed by atoms with E-state index in [9.17, 15) is 4.79 Å². The SMILES string of the molecule is Cn1ccnc1CCn1cc(C(=O)O)nn1. The third kappa shape index (κ3) is 2.08. The van der Waals surface area contributed by atoms with Crippen molar-refractivity contribution in [3.8, 4) is 0 Å². The fourth-order valence-corrected chi connectivity index (χ4v) is 1.36. The molecular formula is C9H11N5O2. The van der Waals surface area contributed by atoms with E-state index in [2.05, 4.69) is 15.3 Å².